The van der Waals surface area contributed by atoms with Crippen molar-refractivity contribution >= 4 is 11.9 Å². The van der Waals surface area contributed by atoms with Crippen LogP contribution in [0.4, 0.5) is 0 Å². The molecule has 4 nitrogen and oxygen atoms in total. The highest BCUT2D eigenvalue weighted by atomic mass is 16.6. The Labute approximate surface area is 133 Å². The number of carboxylic acids is 1. The number of ether oxygens (including phenoxy) is 1. The Hall–Kier alpha value is -1.06. The zero-order valence-electron chi connectivity index (χ0n) is 14.2. The van der Waals surface area contributed by atoms with Crippen LogP contribution < -0.4 is 0 Å². The summed E-state index contributed by atoms with van der Waals surface area (Å²) < 4.78 is 6.08. The van der Waals surface area contributed by atoms with Gasteiger partial charge in [0.2, 0.25) is 0 Å². The van der Waals surface area contributed by atoms with Gasteiger partial charge in [0.05, 0.1) is 11.8 Å². The average molecular weight is 310 g/mol. The molecule has 0 aliphatic heterocycles. The second-order valence-electron chi connectivity index (χ2n) is 8.12. The predicted molar refractivity (Wildman–Crippen MR) is 84.4 cm³/mol. The Morgan fingerprint density at radius 3 is 2.14 bits per heavy atom. The highest BCUT2D eigenvalue weighted by Crippen LogP contribution is 2.46. The third-order valence-corrected chi connectivity index (χ3v) is 5.68. The monoisotopic (exact) mass is 310 g/mol. The summed E-state index contributed by atoms with van der Waals surface area (Å²) in [6, 6.07) is 0. The lowest BCUT2D eigenvalue weighted by molar-refractivity contribution is -0.186. The number of hydrogen-bond acceptors (Lipinski definition) is 3. The van der Waals surface area contributed by atoms with Gasteiger partial charge >= 0.3 is 11.9 Å². The van der Waals surface area contributed by atoms with Crippen molar-refractivity contribution in [1.82, 2.24) is 0 Å². The molecule has 0 saturated heterocycles. The molecule has 0 radical (unpaired) electrons. The highest BCUT2D eigenvalue weighted by Gasteiger charge is 2.47. The van der Waals surface area contributed by atoms with Crippen LogP contribution >= 0.6 is 0 Å². The Balaban J connectivity index is 2.06. The molecule has 1 N–H and O–H groups in total. The third-order valence-electron chi connectivity index (χ3n) is 5.68. The molecular weight excluding hydrogens is 280 g/mol. The molecule has 22 heavy (non-hydrogen) atoms. The fourth-order valence-corrected chi connectivity index (χ4v) is 4.03. The van der Waals surface area contributed by atoms with Crippen LogP contribution in [-0.2, 0) is 14.3 Å². The first-order valence-electron chi connectivity index (χ1n) is 8.71. The van der Waals surface area contributed by atoms with E-state index in [2.05, 4.69) is 20.8 Å². The van der Waals surface area contributed by atoms with Crippen molar-refractivity contribution in [3.8, 4) is 0 Å². The van der Waals surface area contributed by atoms with E-state index >= 15 is 0 Å². The van der Waals surface area contributed by atoms with Crippen molar-refractivity contribution in [2.75, 3.05) is 0 Å². The van der Waals surface area contributed by atoms with E-state index in [1.54, 1.807) is 0 Å². The molecule has 2 aliphatic rings. The molecule has 0 amide bonds. The lowest BCUT2D eigenvalue weighted by Crippen LogP contribution is -2.49. The van der Waals surface area contributed by atoms with Gasteiger partial charge in [-0.15, -0.1) is 0 Å². The summed E-state index contributed by atoms with van der Waals surface area (Å²) in [6.45, 7) is 6.44. The van der Waals surface area contributed by atoms with Gasteiger partial charge < -0.3 is 9.84 Å². The molecule has 2 aliphatic carbocycles. The van der Waals surface area contributed by atoms with Crippen LogP contribution in [0.1, 0.15) is 78.6 Å². The molecule has 0 aromatic heterocycles. The molecule has 4 heteroatoms. The van der Waals surface area contributed by atoms with Crippen LogP contribution in [0.25, 0.3) is 0 Å². The van der Waals surface area contributed by atoms with Gasteiger partial charge in [0.1, 0.15) is 5.60 Å². The smallest absolute Gasteiger partial charge is 0.309 e. The largest absolute Gasteiger partial charge is 0.481 e. The van der Waals surface area contributed by atoms with Crippen molar-refractivity contribution in [3.63, 3.8) is 0 Å². The van der Waals surface area contributed by atoms with Crippen molar-refractivity contribution in [2.24, 2.45) is 17.3 Å². The fraction of sp³-hybridized carbons (Fsp3) is 0.889. The molecule has 0 aromatic carbocycles. The summed E-state index contributed by atoms with van der Waals surface area (Å²) in [5, 5.41) is 9.19. The first-order valence-corrected chi connectivity index (χ1v) is 8.71. The minimum Gasteiger partial charge on any atom is -0.481 e. The van der Waals surface area contributed by atoms with E-state index in [0.717, 1.165) is 38.5 Å². The van der Waals surface area contributed by atoms with Gasteiger partial charge in [-0.25, -0.2) is 0 Å². The summed E-state index contributed by atoms with van der Waals surface area (Å²) in [5.41, 5.74) is -0.456. The Morgan fingerprint density at radius 1 is 1.00 bits per heavy atom. The third kappa shape index (κ3) is 3.64. The minimum absolute atomic E-state index is 0.0794. The number of rotatable bonds is 3. The molecule has 2 unspecified atom stereocenters. The van der Waals surface area contributed by atoms with Gasteiger partial charge in [-0.05, 0) is 44.9 Å². The first kappa shape index (κ1) is 17.3. The van der Waals surface area contributed by atoms with E-state index in [1.807, 2.05) is 0 Å². The Kier molecular flexibility index (Phi) is 5.18. The lowest BCUT2D eigenvalue weighted by Gasteiger charge is -2.47. The molecule has 0 bridgehead atoms. The molecule has 2 fully saturated rings. The number of aliphatic carboxylic acids is 1. The highest BCUT2D eigenvalue weighted by molar-refractivity contribution is 5.76. The molecule has 2 saturated carbocycles. The van der Waals surface area contributed by atoms with Gasteiger partial charge in [0.25, 0.3) is 0 Å². The van der Waals surface area contributed by atoms with Crippen LogP contribution in [0, 0.1) is 17.3 Å². The van der Waals surface area contributed by atoms with Crippen LogP contribution in [0.15, 0.2) is 0 Å². The average Bonchev–Trinajstić information content (AvgIpc) is 2.47. The van der Waals surface area contributed by atoms with E-state index in [9.17, 15) is 14.7 Å². The summed E-state index contributed by atoms with van der Waals surface area (Å²) in [7, 11) is 0. The van der Waals surface area contributed by atoms with Crippen molar-refractivity contribution in [3.05, 3.63) is 0 Å². The standard InChI is InChI=1S/C18H30O4/c1-17(2,3)18(10-5-4-6-11-18)22-16(21)14-9-7-8-13(12-14)15(19)20/h13-14H,4-12H2,1-3H3,(H,19,20). The summed E-state index contributed by atoms with van der Waals surface area (Å²) in [4.78, 5) is 23.9. The zero-order chi connectivity index (χ0) is 16.4. The van der Waals surface area contributed by atoms with Gasteiger partial charge in [-0.3, -0.25) is 9.59 Å². The van der Waals surface area contributed by atoms with Crippen molar-refractivity contribution in [2.45, 2.75) is 84.2 Å². The second-order valence-corrected chi connectivity index (χ2v) is 8.12. The zero-order valence-corrected chi connectivity index (χ0v) is 14.2. The molecule has 2 atom stereocenters. The molecule has 0 heterocycles. The second kappa shape index (κ2) is 6.59. The van der Waals surface area contributed by atoms with E-state index in [-0.39, 0.29) is 28.8 Å². The molecule has 0 spiro atoms. The van der Waals surface area contributed by atoms with Crippen LogP contribution in [0.2, 0.25) is 0 Å². The maximum absolute atomic E-state index is 12.7. The number of hydrogen-bond donors (Lipinski definition) is 1. The number of carbonyl (C=O) groups is 2. The van der Waals surface area contributed by atoms with E-state index in [4.69, 9.17) is 4.74 Å². The Morgan fingerprint density at radius 2 is 1.59 bits per heavy atom. The number of carbonyl (C=O) groups excluding carboxylic acids is 1. The van der Waals surface area contributed by atoms with Crippen LogP contribution in [0.3, 0.4) is 0 Å². The van der Waals surface area contributed by atoms with E-state index in [1.165, 1.54) is 6.42 Å². The van der Waals surface area contributed by atoms with Gasteiger partial charge in [-0.2, -0.15) is 0 Å². The normalized spacial score (nSPS) is 28.9. The fourth-order valence-electron chi connectivity index (χ4n) is 4.03. The molecular formula is C18H30O4. The first-order chi connectivity index (χ1) is 10.3. The van der Waals surface area contributed by atoms with Gasteiger partial charge in [0, 0.05) is 5.41 Å². The SMILES string of the molecule is CC(C)(C)C1(OC(=O)C2CCCC(C(=O)O)C2)CCCCC1. The van der Waals surface area contributed by atoms with Crippen LogP contribution in [0.5, 0.6) is 0 Å². The van der Waals surface area contributed by atoms with Crippen molar-refractivity contribution in [1.29, 1.82) is 0 Å². The van der Waals surface area contributed by atoms with Crippen LogP contribution in [-0.4, -0.2) is 22.6 Å². The predicted octanol–water partition coefficient (Wildman–Crippen LogP) is 4.17. The Bertz CT molecular complexity index is 415. The van der Waals surface area contributed by atoms with E-state index < -0.39 is 5.97 Å². The van der Waals surface area contributed by atoms with E-state index in [0.29, 0.717) is 12.8 Å². The maximum atomic E-state index is 12.7. The number of carboxylic acid groups (broad SMARTS) is 1. The summed E-state index contributed by atoms with van der Waals surface area (Å²) >= 11 is 0. The molecule has 2 rings (SSSR count). The summed E-state index contributed by atoms with van der Waals surface area (Å²) in [6.07, 6.45) is 7.97. The van der Waals surface area contributed by atoms with Gasteiger partial charge in [-0.1, -0.05) is 33.6 Å². The lowest BCUT2D eigenvalue weighted by atomic mass is 9.68. The number of esters is 1. The molecule has 0 aromatic rings. The quantitative estimate of drug-likeness (QED) is 0.795. The van der Waals surface area contributed by atoms with Crippen molar-refractivity contribution < 1.29 is 19.4 Å². The summed E-state index contributed by atoms with van der Waals surface area (Å²) in [5.74, 6) is -1.57. The molecule has 126 valence electrons. The maximum Gasteiger partial charge on any atom is 0.309 e. The minimum atomic E-state index is -0.777. The topological polar surface area (TPSA) is 63.6 Å². The van der Waals surface area contributed by atoms with Gasteiger partial charge in [0.15, 0.2) is 0 Å².